The lowest BCUT2D eigenvalue weighted by Gasteiger charge is -2.20. The van der Waals surface area contributed by atoms with Gasteiger partial charge in [0.25, 0.3) is 0 Å². The molecule has 1 rings (SSSR count). The molecule has 0 N–H and O–H groups in total. The molecule has 80 valence electrons. The average molecular weight is 203 g/mol. The minimum absolute atomic E-state index is 0.00416. The second kappa shape index (κ2) is 4.35. The molecule has 0 aromatic heterocycles. The van der Waals surface area contributed by atoms with Crippen LogP contribution in [0.5, 0.6) is 5.75 Å². The molecule has 0 saturated carbocycles. The summed E-state index contributed by atoms with van der Waals surface area (Å²) in [6, 6.07) is 7.93. The van der Waals surface area contributed by atoms with Gasteiger partial charge in [0.2, 0.25) is 0 Å². The summed E-state index contributed by atoms with van der Waals surface area (Å²) in [5, 5.41) is 9.07. The summed E-state index contributed by atoms with van der Waals surface area (Å²) in [4.78, 5) is 0. The van der Waals surface area contributed by atoms with Crippen LogP contribution >= 0.6 is 0 Å². The number of nitriles is 1. The summed E-state index contributed by atoms with van der Waals surface area (Å²) in [6.45, 7) is 8.86. The lowest BCUT2D eigenvalue weighted by Crippen LogP contribution is -2.13. The van der Waals surface area contributed by atoms with E-state index in [2.05, 4.69) is 26.8 Å². The van der Waals surface area contributed by atoms with E-state index in [-0.39, 0.29) is 5.41 Å². The van der Waals surface area contributed by atoms with E-state index < -0.39 is 0 Å². The molecule has 0 saturated heterocycles. The van der Waals surface area contributed by atoms with Gasteiger partial charge >= 0.3 is 0 Å². The second-order valence-electron chi connectivity index (χ2n) is 4.50. The van der Waals surface area contributed by atoms with Crippen molar-refractivity contribution in [1.29, 1.82) is 5.26 Å². The first-order chi connectivity index (χ1) is 6.99. The van der Waals surface area contributed by atoms with Crippen molar-refractivity contribution >= 4 is 0 Å². The van der Waals surface area contributed by atoms with Crippen molar-refractivity contribution in [2.75, 3.05) is 6.61 Å². The maximum absolute atomic E-state index is 9.07. The summed E-state index contributed by atoms with van der Waals surface area (Å²) in [6.07, 6.45) is 0. The summed E-state index contributed by atoms with van der Waals surface area (Å²) in [5.74, 6) is 0.766. The van der Waals surface area contributed by atoms with Crippen molar-refractivity contribution in [2.24, 2.45) is 0 Å². The molecule has 0 aliphatic carbocycles. The van der Waals surface area contributed by atoms with Gasteiger partial charge in [-0.05, 0) is 30.0 Å². The van der Waals surface area contributed by atoms with Gasteiger partial charge in [0, 0.05) is 0 Å². The molecule has 1 aromatic carbocycles. The van der Waals surface area contributed by atoms with Crippen molar-refractivity contribution in [3.63, 3.8) is 0 Å². The van der Waals surface area contributed by atoms with Gasteiger partial charge in [0.15, 0.2) is 0 Å². The van der Waals surface area contributed by atoms with Crippen LogP contribution in [0, 0.1) is 11.3 Å². The zero-order valence-corrected chi connectivity index (χ0v) is 9.79. The highest BCUT2D eigenvalue weighted by Crippen LogP contribution is 2.28. The van der Waals surface area contributed by atoms with Crippen LogP contribution in [0.15, 0.2) is 18.2 Å². The Balaban J connectivity index is 3.17. The molecular formula is C13H17NO. The van der Waals surface area contributed by atoms with Crippen molar-refractivity contribution in [1.82, 2.24) is 0 Å². The largest absolute Gasteiger partial charge is 0.494 e. The van der Waals surface area contributed by atoms with Gasteiger partial charge < -0.3 is 4.74 Å². The highest BCUT2D eigenvalue weighted by molar-refractivity contribution is 5.46. The van der Waals surface area contributed by atoms with E-state index in [4.69, 9.17) is 10.00 Å². The van der Waals surface area contributed by atoms with Crippen molar-refractivity contribution in [2.45, 2.75) is 33.1 Å². The predicted molar refractivity (Wildman–Crippen MR) is 61.0 cm³/mol. The summed E-state index contributed by atoms with van der Waals surface area (Å²) in [7, 11) is 0. The first-order valence-corrected chi connectivity index (χ1v) is 5.16. The monoisotopic (exact) mass is 203 g/mol. The molecule has 0 aliphatic heterocycles. The first-order valence-electron chi connectivity index (χ1n) is 5.16. The molecule has 2 nitrogen and oxygen atoms in total. The van der Waals surface area contributed by atoms with E-state index in [0.717, 1.165) is 11.3 Å². The standard InChI is InChI=1S/C13H17NO/c1-5-15-11-6-7-12(13(2,3)4)10(8-11)9-14/h6-8H,5H2,1-4H3. The summed E-state index contributed by atoms with van der Waals surface area (Å²) < 4.78 is 5.36. The molecule has 0 unspecified atom stereocenters. The van der Waals surface area contributed by atoms with Crippen LogP contribution in [0.4, 0.5) is 0 Å². The molecule has 0 aliphatic rings. The lowest BCUT2D eigenvalue weighted by molar-refractivity contribution is 0.340. The quantitative estimate of drug-likeness (QED) is 0.739. The molecule has 0 bridgehead atoms. The van der Waals surface area contributed by atoms with Crippen LogP contribution in [0.25, 0.3) is 0 Å². The smallest absolute Gasteiger partial charge is 0.120 e. The van der Waals surface area contributed by atoms with Crippen molar-refractivity contribution < 1.29 is 4.74 Å². The number of hydrogen-bond donors (Lipinski definition) is 0. The second-order valence-corrected chi connectivity index (χ2v) is 4.50. The average Bonchev–Trinajstić information content (AvgIpc) is 2.16. The number of nitrogens with zero attached hydrogens (tertiary/aromatic N) is 1. The Labute approximate surface area is 91.5 Å². The van der Waals surface area contributed by atoms with Gasteiger partial charge in [-0.1, -0.05) is 26.8 Å². The molecule has 1 aromatic rings. The molecular weight excluding hydrogens is 186 g/mol. The SMILES string of the molecule is CCOc1ccc(C(C)(C)C)c(C#N)c1. The lowest BCUT2D eigenvalue weighted by atomic mass is 9.84. The highest BCUT2D eigenvalue weighted by atomic mass is 16.5. The maximum atomic E-state index is 9.07. The predicted octanol–water partition coefficient (Wildman–Crippen LogP) is 3.25. The molecule has 2 heteroatoms. The van der Waals surface area contributed by atoms with Crippen molar-refractivity contribution in [3.8, 4) is 11.8 Å². The van der Waals surface area contributed by atoms with Crippen LogP contribution in [0.1, 0.15) is 38.8 Å². The Morgan fingerprint density at radius 2 is 2.00 bits per heavy atom. The number of ether oxygens (including phenoxy) is 1. The van der Waals surface area contributed by atoms with E-state index in [0.29, 0.717) is 12.2 Å². The van der Waals surface area contributed by atoms with Crippen LogP contribution in [-0.4, -0.2) is 6.61 Å². The molecule has 0 amide bonds. The van der Waals surface area contributed by atoms with Crippen LogP contribution in [0.3, 0.4) is 0 Å². The summed E-state index contributed by atoms with van der Waals surface area (Å²) >= 11 is 0. The van der Waals surface area contributed by atoms with Crippen LogP contribution in [0.2, 0.25) is 0 Å². The molecule has 0 heterocycles. The summed E-state index contributed by atoms with van der Waals surface area (Å²) in [5.41, 5.74) is 1.76. The Kier molecular flexibility index (Phi) is 3.36. The molecule has 0 fully saturated rings. The Morgan fingerprint density at radius 1 is 1.33 bits per heavy atom. The van der Waals surface area contributed by atoms with Gasteiger partial charge in [-0.15, -0.1) is 0 Å². The van der Waals surface area contributed by atoms with E-state index in [9.17, 15) is 0 Å². The fraction of sp³-hybridized carbons (Fsp3) is 0.462. The van der Waals surface area contributed by atoms with Crippen LogP contribution < -0.4 is 4.74 Å². The molecule has 15 heavy (non-hydrogen) atoms. The van der Waals surface area contributed by atoms with Gasteiger partial charge in [-0.25, -0.2) is 0 Å². The van der Waals surface area contributed by atoms with Gasteiger partial charge in [0.05, 0.1) is 18.2 Å². The molecule has 0 radical (unpaired) electrons. The third-order valence-electron chi connectivity index (χ3n) is 2.23. The number of benzene rings is 1. The van der Waals surface area contributed by atoms with E-state index in [1.807, 2.05) is 25.1 Å². The van der Waals surface area contributed by atoms with E-state index in [1.54, 1.807) is 0 Å². The third kappa shape index (κ3) is 2.73. The minimum Gasteiger partial charge on any atom is -0.494 e. The fourth-order valence-electron chi connectivity index (χ4n) is 1.53. The Hall–Kier alpha value is -1.49. The minimum atomic E-state index is -0.00416. The highest BCUT2D eigenvalue weighted by Gasteiger charge is 2.18. The fourth-order valence-corrected chi connectivity index (χ4v) is 1.53. The van der Waals surface area contributed by atoms with Crippen LogP contribution in [-0.2, 0) is 5.41 Å². The Morgan fingerprint density at radius 3 is 2.47 bits per heavy atom. The van der Waals surface area contributed by atoms with Gasteiger partial charge in [-0.2, -0.15) is 5.26 Å². The topological polar surface area (TPSA) is 33.0 Å². The first kappa shape index (κ1) is 11.6. The third-order valence-corrected chi connectivity index (χ3v) is 2.23. The van der Waals surface area contributed by atoms with E-state index in [1.165, 1.54) is 0 Å². The zero-order valence-electron chi connectivity index (χ0n) is 9.79. The molecule has 0 spiro atoms. The normalized spacial score (nSPS) is 10.9. The number of rotatable bonds is 2. The molecule has 0 atom stereocenters. The van der Waals surface area contributed by atoms with Gasteiger partial charge in [-0.3, -0.25) is 0 Å². The number of hydrogen-bond acceptors (Lipinski definition) is 2. The van der Waals surface area contributed by atoms with Crippen molar-refractivity contribution in [3.05, 3.63) is 29.3 Å². The maximum Gasteiger partial charge on any atom is 0.120 e. The Bertz CT molecular complexity index is 383. The van der Waals surface area contributed by atoms with Gasteiger partial charge in [0.1, 0.15) is 5.75 Å². The van der Waals surface area contributed by atoms with E-state index >= 15 is 0 Å². The zero-order chi connectivity index (χ0) is 11.5.